The molecule has 0 saturated carbocycles. The van der Waals surface area contributed by atoms with Crippen molar-refractivity contribution in [2.24, 2.45) is 0 Å². The summed E-state index contributed by atoms with van der Waals surface area (Å²) in [5.74, 6) is -0.528. The van der Waals surface area contributed by atoms with Crippen molar-refractivity contribution in [1.29, 1.82) is 0 Å². The number of likely N-dealkylation sites (N-methyl/N-ethyl adjacent to an activating group) is 1. The van der Waals surface area contributed by atoms with Gasteiger partial charge in [-0.15, -0.1) is 11.3 Å². The highest BCUT2D eigenvalue weighted by Crippen LogP contribution is 2.32. The number of benzene rings is 2. The number of aliphatic hydroxyl groups is 1. The molecule has 3 N–H and O–H groups in total. The molecule has 40 heavy (non-hydrogen) atoms. The number of amides is 1. The van der Waals surface area contributed by atoms with Gasteiger partial charge in [0.05, 0.1) is 28.5 Å². The molecular formula is C28H26FN7O3S. The molecule has 0 fully saturated rings. The van der Waals surface area contributed by atoms with Crippen molar-refractivity contribution >= 4 is 44.5 Å². The number of rotatable bonds is 6. The van der Waals surface area contributed by atoms with Gasteiger partial charge in [0.15, 0.2) is 5.82 Å². The van der Waals surface area contributed by atoms with E-state index >= 15 is 0 Å². The molecule has 204 valence electrons. The van der Waals surface area contributed by atoms with Crippen LogP contribution in [0, 0.1) is 12.7 Å². The van der Waals surface area contributed by atoms with Gasteiger partial charge >= 0.3 is 0 Å². The highest BCUT2D eigenvalue weighted by Gasteiger charge is 2.20. The maximum atomic E-state index is 15.0. The Balaban J connectivity index is 1.34. The Hall–Kier alpha value is -4.39. The predicted molar refractivity (Wildman–Crippen MR) is 152 cm³/mol. The second kappa shape index (κ2) is 10.3. The van der Waals surface area contributed by atoms with Gasteiger partial charge in [0, 0.05) is 29.4 Å². The SMILES string of the molecule is Cc1c(-c2cc(Nc3cc4n(n3)CCN(C)C4)c(=O)n(CO)n2)ccc(F)c1NC(=O)c1cc2ccccc2s1. The summed E-state index contributed by atoms with van der Waals surface area (Å²) in [6.07, 6.45) is 0. The monoisotopic (exact) mass is 559 g/mol. The van der Waals surface area contributed by atoms with Crippen LogP contribution in [0.3, 0.4) is 0 Å². The van der Waals surface area contributed by atoms with E-state index in [9.17, 15) is 19.1 Å². The van der Waals surface area contributed by atoms with E-state index in [1.54, 1.807) is 13.0 Å². The Bertz CT molecular complexity index is 1790. The largest absolute Gasteiger partial charge is 0.374 e. The van der Waals surface area contributed by atoms with Crippen molar-refractivity contribution in [3.8, 4) is 11.3 Å². The standard InChI is InChI=1S/C28H26FN7O3S/c1-16-19(7-8-20(29)26(16)31-27(38)24-11-17-5-3-4-6-23(17)40-24)21-13-22(28(39)36(15-37)32-21)30-25-12-18-14-34(2)9-10-35(18)33-25/h3-8,11-13,37H,9-10,14-15H2,1-2H3,(H,30,33)(H,31,38). The van der Waals surface area contributed by atoms with E-state index in [0.29, 0.717) is 27.5 Å². The van der Waals surface area contributed by atoms with Crippen LogP contribution in [0.4, 0.5) is 21.6 Å². The molecule has 1 aliphatic heterocycles. The maximum absolute atomic E-state index is 15.0. The number of nitrogens with zero attached hydrogens (tertiary/aromatic N) is 5. The third-order valence-corrected chi connectivity index (χ3v) is 8.05. The summed E-state index contributed by atoms with van der Waals surface area (Å²) >= 11 is 1.32. The molecule has 2 aromatic carbocycles. The summed E-state index contributed by atoms with van der Waals surface area (Å²) in [6.45, 7) is 3.36. The molecule has 1 amide bonds. The number of halogens is 1. The number of thiophene rings is 1. The van der Waals surface area contributed by atoms with Crippen molar-refractivity contribution in [2.45, 2.75) is 26.7 Å². The van der Waals surface area contributed by atoms with Crippen LogP contribution in [0.2, 0.25) is 0 Å². The number of anilines is 3. The van der Waals surface area contributed by atoms with Crippen LogP contribution in [0.1, 0.15) is 20.9 Å². The van der Waals surface area contributed by atoms with Crippen LogP contribution in [-0.4, -0.2) is 49.1 Å². The molecule has 0 bridgehead atoms. The first-order valence-electron chi connectivity index (χ1n) is 12.7. The number of carbonyl (C=O) groups is 1. The maximum Gasteiger partial charge on any atom is 0.292 e. The molecule has 4 heterocycles. The quantitative estimate of drug-likeness (QED) is 0.286. The van der Waals surface area contributed by atoms with E-state index in [2.05, 4.69) is 25.7 Å². The Kier molecular flexibility index (Phi) is 6.66. The fourth-order valence-electron chi connectivity index (χ4n) is 4.83. The molecule has 1 aliphatic rings. The van der Waals surface area contributed by atoms with Crippen molar-refractivity contribution in [3.05, 3.63) is 86.9 Å². The summed E-state index contributed by atoms with van der Waals surface area (Å²) in [5.41, 5.74) is 1.88. The average molecular weight is 560 g/mol. The van der Waals surface area contributed by atoms with Crippen molar-refractivity contribution < 1.29 is 14.3 Å². The van der Waals surface area contributed by atoms with E-state index in [1.807, 2.05) is 42.1 Å². The number of aliphatic hydroxyl groups excluding tert-OH is 1. The molecule has 10 nitrogen and oxygen atoms in total. The van der Waals surface area contributed by atoms with Crippen molar-refractivity contribution in [2.75, 3.05) is 24.2 Å². The molecule has 0 unspecified atom stereocenters. The lowest BCUT2D eigenvalue weighted by atomic mass is 10.0. The zero-order valence-electron chi connectivity index (χ0n) is 21.8. The summed E-state index contributed by atoms with van der Waals surface area (Å²) in [5, 5.41) is 25.4. The smallest absolute Gasteiger partial charge is 0.292 e. The molecule has 0 atom stereocenters. The molecule has 6 rings (SSSR count). The zero-order valence-corrected chi connectivity index (χ0v) is 22.6. The van der Waals surface area contributed by atoms with Crippen LogP contribution < -0.4 is 16.2 Å². The van der Waals surface area contributed by atoms with Gasteiger partial charge in [0.2, 0.25) is 0 Å². The van der Waals surface area contributed by atoms with Crippen LogP contribution in [0.15, 0.2) is 59.4 Å². The third-order valence-electron chi connectivity index (χ3n) is 6.94. The molecule has 0 spiro atoms. The second-order valence-corrected chi connectivity index (χ2v) is 10.8. The minimum Gasteiger partial charge on any atom is -0.374 e. The predicted octanol–water partition coefficient (Wildman–Crippen LogP) is 4.16. The molecule has 0 radical (unpaired) electrons. The highest BCUT2D eigenvalue weighted by atomic mass is 32.1. The lowest BCUT2D eigenvalue weighted by Crippen LogP contribution is -2.30. The Morgan fingerprint density at radius 3 is 2.75 bits per heavy atom. The second-order valence-electron chi connectivity index (χ2n) is 9.69. The van der Waals surface area contributed by atoms with Gasteiger partial charge < -0.3 is 15.7 Å². The van der Waals surface area contributed by atoms with E-state index in [-0.39, 0.29) is 11.4 Å². The van der Waals surface area contributed by atoms with Gasteiger partial charge in [-0.2, -0.15) is 10.2 Å². The molecular weight excluding hydrogens is 533 g/mol. The Morgan fingerprint density at radius 2 is 1.95 bits per heavy atom. The number of nitrogens with one attached hydrogen (secondary N) is 2. The highest BCUT2D eigenvalue weighted by molar-refractivity contribution is 7.20. The van der Waals surface area contributed by atoms with Crippen molar-refractivity contribution in [1.82, 2.24) is 24.5 Å². The van der Waals surface area contributed by atoms with Crippen LogP contribution in [0.25, 0.3) is 21.3 Å². The summed E-state index contributed by atoms with van der Waals surface area (Å²) < 4.78 is 18.8. The summed E-state index contributed by atoms with van der Waals surface area (Å²) in [7, 11) is 2.03. The summed E-state index contributed by atoms with van der Waals surface area (Å²) in [4.78, 5) is 28.7. The molecule has 0 saturated heterocycles. The van der Waals surface area contributed by atoms with Gasteiger partial charge in [0.25, 0.3) is 11.5 Å². The zero-order chi connectivity index (χ0) is 28.0. The average Bonchev–Trinajstić information content (AvgIpc) is 3.55. The van der Waals surface area contributed by atoms with Gasteiger partial charge in [-0.05, 0) is 55.3 Å². The van der Waals surface area contributed by atoms with Crippen molar-refractivity contribution in [3.63, 3.8) is 0 Å². The van der Waals surface area contributed by atoms with E-state index in [0.717, 1.165) is 40.1 Å². The normalized spacial score (nSPS) is 13.4. The van der Waals surface area contributed by atoms with Gasteiger partial charge in [-0.3, -0.25) is 19.2 Å². The van der Waals surface area contributed by atoms with Crippen LogP contribution >= 0.6 is 11.3 Å². The fourth-order valence-corrected chi connectivity index (χ4v) is 5.79. The third kappa shape index (κ3) is 4.76. The molecule has 0 aliphatic carbocycles. The Morgan fingerprint density at radius 1 is 1.12 bits per heavy atom. The summed E-state index contributed by atoms with van der Waals surface area (Å²) in [6, 6.07) is 15.6. The minimum absolute atomic E-state index is 0.0175. The topological polar surface area (TPSA) is 117 Å². The number of hydrogen-bond acceptors (Lipinski definition) is 8. The molecule has 3 aromatic heterocycles. The molecule has 5 aromatic rings. The number of aromatic nitrogens is 4. The first-order chi connectivity index (χ1) is 19.3. The van der Waals surface area contributed by atoms with E-state index in [4.69, 9.17) is 0 Å². The molecule has 12 heteroatoms. The Labute approximate surface area is 232 Å². The van der Waals surface area contributed by atoms with Gasteiger partial charge in [-0.1, -0.05) is 18.2 Å². The number of fused-ring (bicyclic) bond motifs is 2. The van der Waals surface area contributed by atoms with E-state index in [1.165, 1.54) is 29.5 Å². The van der Waals surface area contributed by atoms with Crippen LogP contribution in [0.5, 0.6) is 0 Å². The number of hydrogen-bond donors (Lipinski definition) is 3. The number of carbonyl (C=O) groups excluding carboxylic acids is 1. The fraction of sp³-hybridized carbons (Fsp3) is 0.214. The lowest BCUT2D eigenvalue weighted by molar-refractivity contribution is 0.103. The first-order valence-corrected chi connectivity index (χ1v) is 13.5. The van der Waals surface area contributed by atoms with Gasteiger partial charge in [-0.25, -0.2) is 9.07 Å². The van der Waals surface area contributed by atoms with E-state index < -0.39 is 24.0 Å². The first kappa shape index (κ1) is 25.9. The minimum atomic E-state index is -0.651. The van der Waals surface area contributed by atoms with Crippen LogP contribution in [-0.2, 0) is 19.8 Å². The lowest BCUT2D eigenvalue weighted by Gasteiger charge is -2.22. The van der Waals surface area contributed by atoms with Gasteiger partial charge in [0.1, 0.15) is 18.2 Å².